The maximum atomic E-state index is 11.4. The summed E-state index contributed by atoms with van der Waals surface area (Å²) in [4.78, 5) is 18.0. The van der Waals surface area contributed by atoms with E-state index in [-0.39, 0.29) is 12.0 Å². The Morgan fingerprint density at radius 3 is 3.05 bits per heavy atom. The molecule has 1 aliphatic heterocycles. The first-order valence-electron chi connectivity index (χ1n) is 6.85. The number of carbonyl (C=O) groups excluding carboxylic acids is 1. The quantitative estimate of drug-likeness (QED) is 0.754. The van der Waals surface area contributed by atoms with Crippen molar-refractivity contribution in [2.24, 2.45) is 0 Å². The van der Waals surface area contributed by atoms with Gasteiger partial charge in [-0.15, -0.1) is 0 Å². The van der Waals surface area contributed by atoms with Crippen molar-refractivity contribution in [3.63, 3.8) is 0 Å². The van der Waals surface area contributed by atoms with Crippen molar-refractivity contribution in [3.05, 3.63) is 11.7 Å². The van der Waals surface area contributed by atoms with Gasteiger partial charge in [0.1, 0.15) is 0 Å². The maximum absolute atomic E-state index is 11.4. The number of nitrogens with zero attached hydrogens (tertiary/aromatic N) is 3. The van der Waals surface area contributed by atoms with Crippen molar-refractivity contribution in [2.45, 2.75) is 51.6 Å². The highest BCUT2D eigenvalue weighted by Gasteiger charge is 2.26. The van der Waals surface area contributed by atoms with Gasteiger partial charge in [0.25, 0.3) is 0 Å². The number of esters is 1. The summed E-state index contributed by atoms with van der Waals surface area (Å²) in [5, 5.41) is 3.90. The highest BCUT2D eigenvalue weighted by atomic mass is 16.5. The Morgan fingerprint density at radius 1 is 1.53 bits per heavy atom. The fourth-order valence-corrected chi connectivity index (χ4v) is 2.45. The molecule has 0 aliphatic carbocycles. The van der Waals surface area contributed by atoms with Crippen molar-refractivity contribution in [1.82, 2.24) is 15.0 Å². The van der Waals surface area contributed by atoms with E-state index < -0.39 is 0 Å². The Bertz CT molecular complexity index is 419. The fraction of sp³-hybridized carbons (Fsp3) is 0.769. The molecule has 1 saturated heterocycles. The number of carbonyl (C=O) groups is 1. The van der Waals surface area contributed by atoms with Gasteiger partial charge >= 0.3 is 5.97 Å². The average molecular weight is 267 g/mol. The van der Waals surface area contributed by atoms with Gasteiger partial charge in [-0.2, -0.15) is 4.98 Å². The standard InChI is InChI=1S/C13H21N3O3/c1-3-11-14-12(19-15-11)9-16-7-5-4-6-10(16)8-13(17)18-2/h10H,3-9H2,1-2H3. The summed E-state index contributed by atoms with van der Waals surface area (Å²) in [6.07, 6.45) is 4.53. The van der Waals surface area contributed by atoms with Crippen LogP contribution in [-0.2, 0) is 22.5 Å². The van der Waals surface area contributed by atoms with Crippen LogP contribution in [0, 0.1) is 0 Å². The van der Waals surface area contributed by atoms with Crippen LogP contribution in [0.5, 0.6) is 0 Å². The van der Waals surface area contributed by atoms with Crippen LogP contribution in [0.15, 0.2) is 4.52 Å². The topological polar surface area (TPSA) is 68.5 Å². The second-order valence-corrected chi connectivity index (χ2v) is 4.86. The van der Waals surface area contributed by atoms with E-state index in [1.54, 1.807) is 0 Å². The highest BCUT2D eigenvalue weighted by molar-refractivity contribution is 5.69. The number of likely N-dealkylation sites (tertiary alicyclic amines) is 1. The minimum atomic E-state index is -0.156. The molecular formula is C13H21N3O3. The zero-order valence-corrected chi connectivity index (χ0v) is 11.6. The predicted molar refractivity (Wildman–Crippen MR) is 68.4 cm³/mol. The maximum Gasteiger partial charge on any atom is 0.307 e. The van der Waals surface area contributed by atoms with Crippen molar-refractivity contribution >= 4 is 5.97 Å². The van der Waals surface area contributed by atoms with E-state index in [1.165, 1.54) is 7.11 Å². The lowest BCUT2D eigenvalue weighted by Crippen LogP contribution is -2.40. The van der Waals surface area contributed by atoms with Gasteiger partial charge in [0.05, 0.1) is 20.1 Å². The van der Waals surface area contributed by atoms with Crippen LogP contribution in [0.4, 0.5) is 0 Å². The molecule has 19 heavy (non-hydrogen) atoms. The smallest absolute Gasteiger partial charge is 0.307 e. The summed E-state index contributed by atoms with van der Waals surface area (Å²) < 4.78 is 9.97. The molecule has 0 N–H and O–H groups in total. The molecule has 0 aromatic carbocycles. The molecule has 1 atom stereocenters. The minimum Gasteiger partial charge on any atom is -0.469 e. The Morgan fingerprint density at radius 2 is 2.37 bits per heavy atom. The average Bonchev–Trinajstić information content (AvgIpc) is 2.88. The molecule has 1 unspecified atom stereocenters. The number of ether oxygens (including phenoxy) is 1. The number of methoxy groups -OCH3 is 1. The van der Waals surface area contributed by atoms with Gasteiger partial charge in [-0.1, -0.05) is 18.5 Å². The van der Waals surface area contributed by atoms with E-state index in [1.807, 2.05) is 6.92 Å². The first kappa shape index (κ1) is 14.0. The molecule has 2 rings (SSSR count). The third kappa shape index (κ3) is 3.76. The van der Waals surface area contributed by atoms with Crippen LogP contribution in [0.2, 0.25) is 0 Å². The van der Waals surface area contributed by atoms with Gasteiger partial charge in [0, 0.05) is 12.5 Å². The Balaban J connectivity index is 1.96. The molecule has 0 amide bonds. The molecule has 1 aromatic heterocycles. The Hall–Kier alpha value is -1.43. The summed E-state index contributed by atoms with van der Waals surface area (Å²) in [6.45, 7) is 3.58. The fourth-order valence-electron chi connectivity index (χ4n) is 2.45. The number of hydrogen-bond donors (Lipinski definition) is 0. The third-order valence-electron chi connectivity index (χ3n) is 3.54. The normalized spacial score (nSPS) is 20.4. The molecule has 1 aliphatic rings. The van der Waals surface area contributed by atoms with Gasteiger partial charge in [0.15, 0.2) is 5.82 Å². The number of aryl methyl sites for hydroxylation is 1. The lowest BCUT2D eigenvalue weighted by Gasteiger charge is -2.33. The van der Waals surface area contributed by atoms with E-state index in [4.69, 9.17) is 9.26 Å². The van der Waals surface area contributed by atoms with Crippen molar-refractivity contribution < 1.29 is 14.1 Å². The van der Waals surface area contributed by atoms with Crippen LogP contribution in [0.3, 0.4) is 0 Å². The molecule has 0 spiro atoms. The monoisotopic (exact) mass is 267 g/mol. The molecule has 1 fully saturated rings. The van der Waals surface area contributed by atoms with Gasteiger partial charge in [-0.25, -0.2) is 0 Å². The van der Waals surface area contributed by atoms with Crippen molar-refractivity contribution in [1.29, 1.82) is 0 Å². The number of rotatable bonds is 5. The predicted octanol–water partition coefficient (Wildman–Crippen LogP) is 1.55. The van der Waals surface area contributed by atoms with E-state index in [0.29, 0.717) is 18.9 Å². The summed E-state index contributed by atoms with van der Waals surface area (Å²) in [7, 11) is 1.43. The van der Waals surface area contributed by atoms with Crippen LogP contribution < -0.4 is 0 Å². The van der Waals surface area contributed by atoms with E-state index >= 15 is 0 Å². The molecule has 0 bridgehead atoms. The Labute approximate surface area is 113 Å². The Kier molecular flexibility index (Phi) is 4.90. The zero-order chi connectivity index (χ0) is 13.7. The molecule has 2 heterocycles. The zero-order valence-electron chi connectivity index (χ0n) is 11.6. The molecule has 6 nitrogen and oxygen atoms in total. The summed E-state index contributed by atoms with van der Waals surface area (Å²) in [5.74, 6) is 1.21. The van der Waals surface area contributed by atoms with Crippen LogP contribution in [-0.4, -0.2) is 40.7 Å². The second-order valence-electron chi connectivity index (χ2n) is 4.86. The van der Waals surface area contributed by atoms with Gasteiger partial charge < -0.3 is 9.26 Å². The highest BCUT2D eigenvalue weighted by Crippen LogP contribution is 2.21. The molecular weight excluding hydrogens is 246 g/mol. The van der Waals surface area contributed by atoms with Crippen molar-refractivity contribution in [3.8, 4) is 0 Å². The van der Waals surface area contributed by atoms with E-state index in [0.717, 1.165) is 38.1 Å². The van der Waals surface area contributed by atoms with Crippen LogP contribution in [0.25, 0.3) is 0 Å². The minimum absolute atomic E-state index is 0.156. The molecule has 6 heteroatoms. The first-order chi connectivity index (χ1) is 9.22. The number of piperidine rings is 1. The lowest BCUT2D eigenvalue weighted by molar-refractivity contribution is -0.142. The van der Waals surface area contributed by atoms with Crippen molar-refractivity contribution in [2.75, 3.05) is 13.7 Å². The molecule has 0 radical (unpaired) electrons. The van der Waals surface area contributed by atoms with Crippen LogP contribution >= 0.6 is 0 Å². The third-order valence-corrected chi connectivity index (χ3v) is 3.54. The summed E-state index contributed by atoms with van der Waals surface area (Å²) in [6, 6.07) is 0.221. The van der Waals surface area contributed by atoms with E-state index in [9.17, 15) is 4.79 Å². The largest absolute Gasteiger partial charge is 0.469 e. The lowest BCUT2D eigenvalue weighted by atomic mass is 9.99. The SMILES string of the molecule is CCc1noc(CN2CCCCC2CC(=O)OC)n1. The molecule has 1 aromatic rings. The molecule has 106 valence electrons. The summed E-state index contributed by atoms with van der Waals surface area (Å²) >= 11 is 0. The van der Waals surface area contributed by atoms with E-state index in [2.05, 4.69) is 15.0 Å². The van der Waals surface area contributed by atoms with Gasteiger partial charge in [-0.3, -0.25) is 9.69 Å². The van der Waals surface area contributed by atoms with Gasteiger partial charge in [0.2, 0.25) is 5.89 Å². The molecule has 0 saturated carbocycles. The van der Waals surface area contributed by atoms with Gasteiger partial charge in [-0.05, 0) is 19.4 Å². The number of aromatic nitrogens is 2. The summed E-state index contributed by atoms with van der Waals surface area (Å²) in [5.41, 5.74) is 0. The second kappa shape index (κ2) is 6.65. The first-order valence-corrected chi connectivity index (χ1v) is 6.85. The number of hydrogen-bond acceptors (Lipinski definition) is 6. The van der Waals surface area contributed by atoms with Crippen LogP contribution in [0.1, 0.15) is 44.3 Å².